The van der Waals surface area contributed by atoms with Crippen LogP contribution in [0.15, 0.2) is 72.9 Å². The average molecular weight is 778 g/mol. The third-order valence-electron chi connectivity index (χ3n) is 8.31. The van der Waals surface area contributed by atoms with E-state index >= 15 is 0 Å². The lowest BCUT2D eigenvalue weighted by Gasteiger charge is -2.19. The second kappa shape index (κ2) is 40.1. The number of rotatable bonds is 38. The van der Waals surface area contributed by atoms with Gasteiger partial charge in [-0.3, -0.25) is 18.6 Å². The van der Waals surface area contributed by atoms with E-state index in [1.54, 1.807) is 0 Å². The first-order chi connectivity index (χ1) is 26.3. The van der Waals surface area contributed by atoms with E-state index in [2.05, 4.69) is 86.8 Å². The van der Waals surface area contributed by atoms with Crippen LogP contribution in [-0.2, 0) is 32.7 Å². The van der Waals surface area contributed by atoms with E-state index in [4.69, 9.17) is 24.3 Å². The number of ether oxygens (including phenoxy) is 2. The summed E-state index contributed by atoms with van der Waals surface area (Å²) < 4.78 is 32.7. The van der Waals surface area contributed by atoms with Crippen molar-refractivity contribution >= 4 is 19.8 Å². The molecule has 54 heavy (non-hydrogen) atoms. The predicted octanol–water partition coefficient (Wildman–Crippen LogP) is 11.9. The van der Waals surface area contributed by atoms with Gasteiger partial charge < -0.3 is 20.1 Å². The van der Waals surface area contributed by atoms with Gasteiger partial charge in [-0.1, -0.05) is 145 Å². The molecular formula is C44H76NO8P. The zero-order valence-corrected chi connectivity index (χ0v) is 34.8. The van der Waals surface area contributed by atoms with E-state index in [0.29, 0.717) is 12.8 Å². The smallest absolute Gasteiger partial charge is 0.462 e. The Hall–Kier alpha value is -2.55. The Labute approximate surface area is 329 Å². The molecule has 0 aromatic carbocycles. The van der Waals surface area contributed by atoms with Crippen molar-refractivity contribution in [2.24, 2.45) is 5.73 Å². The van der Waals surface area contributed by atoms with Crippen LogP contribution < -0.4 is 5.73 Å². The van der Waals surface area contributed by atoms with E-state index in [0.717, 1.165) is 96.3 Å². The zero-order chi connectivity index (χ0) is 39.6. The summed E-state index contributed by atoms with van der Waals surface area (Å²) in [6.07, 6.45) is 48.0. The van der Waals surface area contributed by atoms with Gasteiger partial charge in [0.05, 0.1) is 13.2 Å². The summed E-state index contributed by atoms with van der Waals surface area (Å²) in [7, 11) is -4.38. The molecule has 9 nitrogen and oxygen atoms in total. The summed E-state index contributed by atoms with van der Waals surface area (Å²) >= 11 is 0. The van der Waals surface area contributed by atoms with Crippen LogP contribution in [0.4, 0.5) is 0 Å². The lowest BCUT2D eigenvalue weighted by molar-refractivity contribution is -0.161. The predicted molar refractivity (Wildman–Crippen MR) is 224 cm³/mol. The zero-order valence-electron chi connectivity index (χ0n) is 33.9. The fourth-order valence-corrected chi connectivity index (χ4v) is 6.02. The molecule has 0 aliphatic carbocycles. The van der Waals surface area contributed by atoms with Gasteiger partial charge in [0.25, 0.3) is 0 Å². The SMILES string of the molecule is CC/C=C\C/C=C\C/C=C\C/C=C\C/C=C\CCCCCCCCCC(=O)OC(COC(=O)CCCCCCC/C=C\CCC)COP(=O)(O)OCCN. The summed E-state index contributed by atoms with van der Waals surface area (Å²) in [4.78, 5) is 34.7. The highest BCUT2D eigenvalue weighted by Crippen LogP contribution is 2.43. The Morgan fingerprint density at radius 1 is 0.574 bits per heavy atom. The molecule has 0 fully saturated rings. The number of carbonyl (C=O) groups excluding carboxylic acids is 2. The lowest BCUT2D eigenvalue weighted by atomic mass is 10.1. The Kier molecular flexibility index (Phi) is 38.2. The Bertz CT molecular complexity index is 1110. The Balaban J connectivity index is 4.15. The minimum absolute atomic E-state index is 0.0467. The van der Waals surface area contributed by atoms with Gasteiger partial charge in [0.15, 0.2) is 6.10 Å². The maximum Gasteiger partial charge on any atom is 0.472 e. The first-order valence-corrected chi connectivity index (χ1v) is 22.4. The molecule has 2 unspecified atom stereocenters. The first-order valence-electron chi connectivity index (χ1n) is 20.9. The van der Waals surface area contributed by atoms with Gasteiger partial charge in [0, 0.05) is 19.4 Å². The molecule has 0 aliphatic rings. The van der Waals surface area contributed by atoms with E-state index in [9.17, 15) is 19.0 Å². The van der Waals surface area contributed by atoms with Crippen LogP contribution in [-0.4, -0.2) is 49.3 Å². The van der Waals surface area contributed by atoms with Crippen LogP contribution >= 0.6 is 7.82 Å². The molecule has 2 atom stereocenters. The van der Waals surface area contributed by atoms with E-state index in [1.165, 1.54) is 25.7 Å². The number of unbranched alkanes of at least 4 members (excludes halogenated alkanes) is 13. The van der Waals surface area contributed by atoms with Crippen molar-refractivity contribution in [2.75, 3.05) is 26.4 Å². The number of phosphoric ester groups is 1. The summed E-state index contributed by atoms with van der Waals surface area (Å²) in [5.41, 5.74) is 5.34. The highest BCUT2D eigenvalue weighted by atomic mass is 31.2. The Morgan fingerprint density at radius 3 is 1.54 bits per heavy atom. The number of allylic oxidation sites excluding steroid dienone is 12. The van der Waals surface area contributed by atoms with E-state index in [-0.39, 0.29) is 32.6 Å². The molecule has 0 aliphatic heterocycles. The maximum atomic E-state index is 12.6. The molecule has 0 aromatic rings. The van der Waals surface area contributed by atoms with Gasteiger partial charge in [-0.05, 0) is 77.0 Å². The molecule has 0 saturated carbocycles. The molecule has 0 rings (SSSR count). The molecule has 10 heteroatoms. The number of esters is 2. The van der Waals surface area contributed by atoms with Gasteiger partial charge in [0.2, 0.25) is 0 Å². The van der Waals surface area contributed by atoms with Crippen LogP contribution in [0.2, 0.25) is 0 Å². The highest BCUT2D eigenvalue weighted by Gasteiger charge is 2.26. The summed E-state index contributed by atoms with van der Waals surface area (Å²) in [5.74, 6) is -0.861. The molecule has 0 aromatic heterocycles. The first kappa shape index (κ1) is 51.5. The number of phosphoric acid groups is 1. The van der Waals surface area contributed by atoms with Crippen LogP contribution in [0.5, 0.6) is 0 Å². The van der Waals surface area contributed by atoms with Crippen molar-refractivity contribution in [1.82, 2.24) is 0 Å². The molecular weight excluding hydrogens is 701 g/mol. The van der Waals surface area contributed by atoms with E-state index in [1.807, 2.05) is 0 Å². The van der Waals surface area contributed by atoms with Crippen molar-refractivity contribution < 1.29 is 37.6 Å². The normalized spacial score (nSPS) is 14.1. The van der Waals surface area contributed by atoms with Crippen molar-refractivity contribution in [3.8, 4) is 0 Å². The molecule has 0 bridgehead atoms. The fraction of sp³-hybridized carbons (Fsp3) is 0.682. The monoisotopic (exact) mass is 778 g/mol. The second-order valence-electron chi connectivity index (χ2n) is 13.5. The van der Waals surface area contributed by atoms with E-state index < -0.39 is 32.5 Å². The van der Waals surface area contributed by atoms with Crippen LogP contribution in [0.1, 0.15) is 162 Å². The summed E-state index contributed by atoms with van der Waals surface area (Å²) in [6.45, 7) is 3.51. The minimum Gasteiger partial charge on any atom is -0.462 e. The second-order valence-corrected chi connectivity index (χ2v) is 14.9. The van der Waals surface area contributed by atoms with Gasteiger partial charge in [0.1, 0.15) is 6.61 Å². The van der Waals surface area contributed by atoms with Gasteiger partial charge >= 0.3 is 19.8 Å². The maximum absolute atomic E-state index is 12.6. The average Bonchev–Trinajstić information content (AvgIpc) is 3.16. The molecule has 0 spiro atoms. The van der Waals surface area contributed by atoms with Gasteiger partial charge in [-0.15, -0.1) is 0 Å². The topological polar surface area (TPSA) is 134 Å². The van der Waals surface area contributed by atoms with Crippen molar-refractivity contribution in [2.45, 2.75) is 168 Å². The van der Waals surface area contributed by atoms with Gasteiger partial charge in [-0.2, -0.15) is 0 Å². The fourth-order valence-electron chi connectivity index (χ4n) is 5.25. The number of hydrogen-bond acceptors (Lipinski definition) is 8. The third kappa shape index (κ3) is 39.2. The van der Waals surface area contributed by atoms with Crippen molar-refractivity contribution in [3.05, 3.63) is 72.9 Å². The van der Waals surface area contributed by atoms with Crippen molar-refractivity contribution in [3.63, 3.8) is 0 Å². The number of nitrogens with two attached hydrogens (primary N) is 1. The third-order valence-corrected chi connectivity index (χ3v) is 9.29. The molecule has 3 N–H and O–H groups in total. The molecule has 0 radical (unpaired) electrons. The summed E-state index contributed by atoms with van der Waals surface area (Å²) in [5, 5.41) is 0. The highest BCUT2D eigenvalue weighted by molar-refractivity contribution is 7.47. The molecule has 0 heterocycles. The quantitative estimate of drug-likeness (QED) is 0.0272. The molecule has 310 valence electrons. The largest absolute Gasteiger partial charge is 0.472 e. The van der Waals surface area contributed by atoms with Crippen LogP contribution in [0.25, 0.3) is 0 Å². The molecule has 0 amide bonds. The van der Waals surface area contributed by atoms with Gasteiger partial charge in [-0.25, -0.2) is 4.57 Å². The molecule has 0 saturated heterocycles. The number of carbonyl (C=O) groups is 2. The number of hydrogen-bond donors (Lipinski definition) is 2. The van der Waals surface area contributed by atoms with Crippen LogP contribution in [0, 0.1) is 0 Å². The summed E-state index contributed by atoms with van der Waals surface area (Å²) in [6, 6.07) is 0. The lowest BCUT2D eigenvalue weighted by Crippen LogP contribution is -2.29. The van der Waals surface area contributed by atoms with Crippen molar-refractivity contribution in [1.29, 1.82) is 0 Å². The Morgan fingerprint density at radius 2 is 1.02 bits per heavy atom. The van der Waals surface area contributed by atoms with Crippen LogP contribution in [0.3, 0.4) is 0 Å². The minimum atomic E-state index is -4.38. The standard InChI is InChI=1S/C44H76NO8P/c1-3-5-7-9-11-13-15-16-17-18-19-20-21-22-23-24-25-26-27-29-31-33-35-37-44(47)53-42(41-52-54(48,49)51-39-38-45)40-50-43(46)36-34-32-30-28-14-12-10-8-6-4-2/h5,7-8,10-11,13,16-17,19-20,22-23,42H,3-4,6,9,12,14-15,18,21,24-41,45H2,1-2H3,(H,48,49)/b7-5-,10-8-,13-11-,17-16-,20-19-,23-22-.